The van der Waals surface area contributed by atoms with E-state index in [1.807, 2.05) is 12.1 Å². The lowest BCUT2D eigenvalue weighted by Gasteiger charge is -2.42. The highest BCUT2D eigenvalue weighted by molar-refractivity contribution is 5.55. The van der Waals surface area contributed by atoms with Gasteiger partial charge in [0.1, 0.15) is 5.75 Å². The number of methoxy groups -OCH3 is 1. The number of ether oxygens (including phenoxy) is 1. The number of hydrogen-bond donors (Lipinski definition) is 0. The molecule has 4 rings (SSSR count). The minimum absolute atomic E-state index is 0.369. The van der Waals surface area contributed by atoms with Gasteiger partial charge < -0.3 is 9.64 Å². The quantitative estimate of drug-likeness (QED) is 0.652. The Labute approximate surface area is 149 Å². The first-order valence-corrected chi connectivity index (χ1v) is 8.81. The molecule has 0 fully saturated rings. The van der Waals surface area contributed by atoms with Gasteiger partial charge in [0.15, 0.2) is 0 Å². The third-order valence-corrected chi connectivity index (χ3v) is 5.27. The fourth-order valence-electron chi connectivity index (χ4n) is 3.97. The Morgan fingerprint density at radius 1 is 0.840 bits per heavy atom. The summed E-state index contributed by atoms with van der Waals surface area (Å²) in [6, 6.07) is 28.5. The van der Waals surface area contributed by atoms with Crippen LogP contribution in [0.5, 0.6) is 5.75 Å². The van der Waals surface area contributed by atoms with Crippen LogP contribution in [0.1, 0.15) is 29.5 Å². The molecule has 0 aliphatic carbocycles. The van der Waals surface area contributed by atoms with Crippen LogP contribution in [0.25, 0.3) is 0 Å². The molecule has 0 saturated carbocycles. The zero-order valence-corrected chi connectivity index (χ0v) is 14.7. The Bertz CT molecular complexity index is 841. The largest absolute Gasteiger partial charge is 0.497 e. The van der Waals surface area contributed by atoms with E-state index in [1.54, 1.807) is 7.11 Å². The van der Waals surface area contributed by atoms with Gasteiger partial charge in [0, 0.05) is 24.2 Å². The van der Waals surface area contributed by atoms with E-state index in [9.17, 15) is 0 Å². The maximum Gasteiger partial charge on any atom is 0.119 e. The number of anilines is 1. The van der Waals surface area contributed by atoms with Gasteiger partial charge in [-0.2, -0.15) is 0 Å². The summed E-state index contributed by atoms with van der Waals surface area (Å²) in [7, 11) is 1.71. The van der Waals surface area contributed by atoms with Crippen LogP contribution >= 0.6 is 0 Å². The van der Waals surface area contributed by atoms with Crippen molar-refractivity contribution in [1.29, 1.82) is 0 Å². The molecule has 0 amide bonds. The van der Waals surface area contributed by atoms with Crippen molar-refractivity contribution >= 4 is 5.69 Å². The SMILES string of the molecule is COc1ccc(N2Cc3ccccc3C(c3ccccc3)C2C)cc1. The predicted molar refractivity (Wildman–Crippen MR) is 103 cm³/mol. The van der Waals surface area contributed by atoms with E-state index in [-0.39, 0.29) is 0 Å². The molecule has 0 spiro atoms. The highest BCUT2D eigenvalue weighted by Crippen LogP contribution is 2.40. The van der Waals surface area contributed by atoms with Crippen LogP contribution in [-0.2, 0) is 6.54 Å². The van der Waals surface area contributed by atoms with Crippen molar-refractivity contribution in [1.82, 2.24) is 0 Å². The van der Waals surface area contributed by atoms with Gasteiger partial charge in [-0.1, -0.05) is 54.6 Å². The molecule has 0 N–H and O–H groups in total. The van der Waals surface area contributed by atoms with Crippen LogP contribution in [0.15, 0.2) is 78.9 Å². The molecule has 1 heterocycles. The minimum atomic E-state index is 0.369. The fourth-order valence-corrected chi connectivity index (χ4v) is 3.97. The smallest absolute Gasteiger partial charge is 0.119 e. The summed E-state index contributed by atoms with van der Waals surface area (Å²) in [5.41, 5.74) is 5.47. The van der Waals surface area contributed by atoms with Crippen molar-refractivity contribution in [3.05, 3.63) is 95.6 Å². The maximum atomic E-state index is 5.31. The summed E-state index contributed by atoms with van der Waals surface area (Å²) in [6.07, 6.45) is 0. The minimum Gasteiger partial charge on any atom is -0.497 e. The Morgan fingerprint density at radius 2 is 1.52 bits per heavy atom. The Morgan fingerprint density at radius 3 is 2.24 bits per heavy atom. The molecule has 2 unspecified atom stereocenters. The van der Waals surface area contributed by atoms with E-state index < -0.39 is 0 Å². The fraction of sp³-hybridized carbons (Fsp3) is 0.217. The summed E-state index contributed by atoms with van der Waals surface area (Å²) >= 11 is 0. The molecule has 1 aliphatic rings. The molecule has 0 saturated heterocycles. The number of benzene rings is 3. The standard InChI is InChI=1S/C23H23NO/c1-17-23(18-8-4-3-5-9-18)22-11-7-6-10-19(22)16-24(17)20-12-14-21(25-2)15-13-20/h3-15,17,23H,16H2,1-2H3. The van der Waals surface area contributed by atoms with Gasteiger partial charge in [-0.15, -0.1) is 0 Å². The molecular weight excluding hydrogens is 306 g/mol. The first-order chi connectivity index (χ1) is 12.3. The average Bonchev–Trinajstić information content (AvgIpc) is 2.68. The van der Waals surface area contributed by atoms with Gasteiger partial charge >= 0.3 is 0 Å². The zero-order chi connectivity index (χ0) is 17.2. The average molecular weight is 329 g/mol. The summed E-state index contributed by atoms with van der Waals surface area (Å²) in [5.74, 6) is 1.27. The number of hydrogen-bond acceptors (Lipinski definition) is 2. The monoisotopic (exact) mass is 329 g/mol. The van der Waals surface area contributed by atoms with E-state index in [0.717, 1.165) is 12.3 Å². The van der Waals surface area contributed by atoms with Gasteiger partial charge in [-0.25, -0.2) is 0 Å². The van der Waals surface area contributed by atoms with Crippen molar-refractivity contribution < 1.29 is 4.74 Å². The molecule has 0 radical (unpaired) electrons. The van der Waals surface area contributed by atoms with Crippen molar-refractivity contribution in [2.45, 2.75) is 25.4 Å². The predicted octanol–water partition coefficient (Wildman–Crippen LogP) is 5.24. The van der Waals surface area contributed by atoms with E-state index in [2.05, 4.69) is 78.6 Å². The van der Waals surface area contributed by atoms with Gasteiger partial charge in [-0.3, -0.25) is 0 Å². The van der Waals surface area contributed by atoms with Crippen LogP contribution in [-0.4, -0.2) is 13.2 Å². The number of fused-ring (bicyclic) bond motifs is 1. The topological polar surface area (TPSA) is 12.5 Å². The highest BCUT2D eigenvalue weighted by atomic mass is 16.5. The van der Waals surface area contributed by atoms with Gasteiger partial charge in [-0.05, 0) is 47.9 Å². The maximum absolute atomic E-state index is 5.31. The van der Waals surface area contributed by atoms with E-state index in [4.69, 9.17) is 4.74 Å². The van der Waals surface area contributed by atoms with Crippen LogP contribution in [0, 0.1) is 0 Å². The third kappa shape index (κ3) is 2.89. The summed E-state index contributed by atoms with van der Waals surface area (Å²) in [4.78, 5) is 2.50. The molecule has 0 aromatic heterocycles. The summed E-state index contributed by atoms with van der Waals surface area (Å²) in [6.45, 7) is 3.27. The van der Waals surface area contributed by atoms with Crippen molar-refractivity contribution in [2.24, 2.45) is 0 Å². The normalized spacial score (nSPS) is 19.4. The Hall–Kier alpha value is -2.74. The molecule has 0 bridgehead atoms. The van der Waals surface area contributed by atoms with Crippen LogP contribution in [0.4, 0.5) is 5.69 Å². The molecule has 1 aliphatic heterocycles. The molecule has 2 heteroatoms. The molecule has 2 atom stereocenters. The summed E-state index contributed by atoms with van der Waals surface area (Å²) < 4.78 is 5.31. The van der Waals surface area contributed by atoms with Gasteiger partial charge in [0.2, 0.25) is 0 Å². The van der Waals surface area contributed by atoms with Gasteiger partial charge in [0.05, 0.1) is 7.11 Å². The first-order valence-electron chi connectivity index (χ1n) is 8.81. The van der Waals surface area contributed by atoms with Crippen molar-refractivity contribution in [2.75, 3.05) is 12.0 Å². The number of rotatable bonds is 3. The first kappa shape index (κ1) is 15.8. The second-order valence-corrected chi connectivity index (χ2v) is 6.65. The molecular formula is C23H23NO. The van der Waals surface area contributed by atoms with E-state index in [0.29, 0.717) is 12.0 Å². The lowest BCUT2D eigenvalue weighted by atomic mass is 9.79. The lowest BCUT2D eigenvalue weighted by Crippen LogP contribution is -2.42. The van der Waals surface area contributed by atoms with Crippen LogP contribution in [0.3, 0.4) is 0 Å². The Kier molecular flexibility index (Phi) is 4.19. The summed E-state index contributed by atoms with van der Waals surface area (Å²) in [5, 5.41) is 0. The molecule has 2 nitrogen and oxygen atoms in total. The zero-order valence-electron chi connectivity index (χ0n) is 14.7. The molecule has 25 heavy (non-hydrogen) atoms. The van der Waals surface area contributed by atoms with Crippen molar-refractivity contribution in [3.8, 4) is 5.75 Å². The second kappa shape index (κ2) is 6.64. The van der Waals surface area contributed by atoms with Crippen molar-refractivity contribution in [3.63, 3.8) is 0 Å². The lowest BCUT2D eigenvalue weighted by molar-refractivity contribution is 0.414. The van der Waals surface area contributed by atoms with Gasteiger partial charge in [0.25, 0.3) is 0 Å². The van der Waals surface area contributed by atoms with Crippen LogP contribution in [0.2, 0.25) is 0 Å². The van der Waals surface area contributed by atoms with E-state index in [1.165, 1.54) is 22.4 Å². The molecule has 3 aromatic rings. The highest BCUT2D eigenvalue weighted by Gasteiger charge is 2.33. The van der Waals surface area contributed by atoms with Crippen LogP contribution < -0.4 is 9.64 Å². The molecule has 126 valence electrons. The molecule has 3 aromatic carbocycles. The van der Waals surface area contributed by atoms with E-state index >= 15 is 0 Å². The Balaban J connectivity index is 1.78. The number of nitrogens with zero attached hydrogens (tertiary/aromatic N) is 1. The third-order valence-electron chi connectivity index (χ3n) is 5.27. The second-order valence-electron chi connectivity index (χ2n) is 6.65.